The average molecular weight is 265 g/mol. The topological polar surface area (TPSA) is 79.7 Å². The zero-order valence-electron chi connectivity index (χ0n) is 11.5. The molecule has 0 aromatic carbocycles. The standard InChI is InChI=1S/C13H23N5O/c1-2-18-9-11(7-15-18)8-17(10-13(14)16-19)12-5-3-4-6-12/h7,9,12,19H,2-6,8,10H2,1H3,(H2,14,16). The summed E-state index contributed by atoms with van der Waals surface area (Å²) in [4.78, 5) is 2.29. The zero-order valence-corrected chi connectivity index (χ0v) is 11.5. The molecule has 2 rings (SSSR count). The summed E-state index contributed by atoms with van der Waals surface area (Å²) in [7, 11) is 0. The number of aromatic nitrogens is 2. The van der Waals surface area contributed by atoms with Gasteiger partial charge in [0.2, 0.25) is 0 Å². The van der Waals surface area contributed by atoms with Crippen molar-refractivity contribution < 1.29 is 5.21 Å². The first-order valence-corrected chi connectivity index (χ1v) is 6.94. The summed E-state index contributed by atoms with van der Waals surface area (Å²) < 4.78 is 1.92. The molecule has 0 saturated heterocycles. The van der Waals surface area contributed by atoms with Crippen molar-refractivity contribution >= 4 is 5.84 Å². The monoisotopic (exact) mass is 265 g/mol. The Kier molecular flexibility index (Phi) is 4.79. The Balaban J connectivity index is 2.03. The number of oxime groups is 1. The number of nitrogens with two attached hydrogens (primary N) is 1. The van der Waals surface area contributed by atoms with E-state index in [0.29, 0.717) is 12.6 Å². The third-order valence-electron chi connectivity index (χ3n) is 3.73. The van der Waals surface area contributed by atoms with Gasteiger partial charge in [0.15, 0.2) is 5.84 Å². The number of hydrogen-bond acceptors (Lipinski definition) is 4. The molecule has 0 atom stereocenters. The van der Waals surface area contributed by atoms with Crippen molar-refractivity contribution in [1.82, 2.24) is 14.7 Å². The Hall–Kier alpha value is -1.56. The molecule has 1 aromatic heterocycles. The summed E-state index contributed by atoms with van der Waals surface area (Å²) in [5, 5.41) is 16.1. The van der Waals surface area contributed by atoms with Crippen LogP contribution in [0.3, 0.4) is 0 Å². The first-order valence-electron chi connectivity index (χ1n) is 6.94. The van der Waals surface area contributed by atoms with E-state index in [1.54, 1.807) is 0 Å². The summed E-state index contributed by atoms with van der Waals surface area (Å²) in [6.45, 7) is 4.27. The normalized spacial score (nSPS) is 17.5. The third-order valence-corrected chi connectivity index (χ3v) is 3.73. The molecule has 0 spiro atoms. The van der Waals surface area contributed by atoms with Crippen LogP contribution in [0.4, 0.5) is 0 Å². The zero-order chi connectivity index (χ0) is 13.7. The molecule has 1 heterocycles. The van der Waals surface area contributed by atoms with Crippen LogP contribution in [-0.2, 0) is 13.1 Å². The Labute approximate surface area is 113 Å². The molecule has 6 nitrogen and oxygen atoms in total. The molecule has 0 radical (unpaired) electrons. The van der Waals surface area contributed by atoms with Crippen LogP contribution in [0.25, 0.3) is 0 Å². The maximum atomic E-state index is 8.75. The summed E-state index contributed by atoms with van der Waals surface area (Å²) in [6.07, 6.45) is 8.89. The summed E-state index contributed by atoms with van der Waals surface area (Å²) in [5.41, 5.74) is 6.84. The van der Waals surface area contributed by atoms with Crippen LogP contribution in [0.15, 0.2) is 17.5 Å². The van der Waals surface area contributed by atoms with Gasteiger partial charge in [-0.05, 0) is 19.8 Å². The lowest BCUT2D eigenvalue weighted by molar-refractivity contribution is 0.214. The highest BCUT2D eigenvalue weighted by atomic mass is 16.4. The summed E-state index contributed by atoms with van der Waals surface area (Å²) >= 11 is 0. The van der Waals surface area contributed by atoms with Gasteiger partial charge in [0.1, 0.15) is 0 Å². The van der Waals surface area contributed by atoms with Gasteiger partial charge in [0.25, 0.3) is 0 Å². The van der Waals surface area contributed by atoms with Crippen LogP contribution in [0, 0.1) is 0 Å². The molecule has 1 aromatic rings. The van der Waals surface area contributed by atoms with Crippen molar-refractivity contribution in [3.05, 3.63) is 18.0 Å². The highest BCUT2D eigenvalue weighted by molar-refractivity contribution is 5.81. The van der Waals surface area contributed by atoms with Crippen LogP contribution in [0.2, 0.25) is 0 Å². The molecule has 106 valence electrons. The number of amidine groups is 1. The molecule has 0 aliphatic heterocycles. The first-order chi connectivity index (χ1) is 9.22. The quantitative estimate of drug-likeness (QED) is 0.352. The highest BCUT2D eigenvalue weighted by Gasteiger charge is 2.23. The van der Waals surface area contributed by atoms with Crippen molar-refractivity contribution in [1.29, 1.82) is 0 Å². The number of nitrogens with zero attached hydrogens (tertiary/aromatic N) is 4. The van der Waals surface area contributed by atoms with Crippen molar-refractivity contribution in [2.45, 2.75) is 51.7 Å². The van der Waals surface area contributed by atoms with Crippen molar-refractivity contribution in [2.24, 2.45) is 10.9 Å². The van der Waals surface area contributed by atoms with Gasteiger partial charge in [-0.25, -0.2) is 0 Å². The average Bonchev–Trinajstić information content (AvgIpc) is 3.08. The summed E-state index contributed by atoms with van der Waals surface area (Å²) in [5.74, 6) is 0.273. The SMILES string of the molecule is CCn1cc(CN(CC(N)=NO)C2CCCC2)cn1. The minimum atomic E-state index is 0.273. The second-order valence-corrected chi connectivity index (χ2v) is 5.14. The minimum Gasteiger partial charge on any atom is -0.409 e. The molecule has 0 amide bonds. The lowest BCUT2D eigenvalue weighted by Crippen LogP contribution is -2.39. The van der Waals surface area contributed by atoms with Crippen molar-refractivity contribution in [3.63, 3.8) is 0 Å². The Bertz CT molecular complexity index is 422. The van der Waals surface area contributed by atoms with E-state index in [4.69, 9.17) is 10.9 Å². The maximum absolute atomic E-state index is 8.75. The molecular formula is C13H23N5O. The molecule has 0 bridgehead atoms. The molecule has 1 fully saturated rings. The van der Waals surface area contributed by atoms with Crippen LogP contribution < -0.4 is 5.73 Å². The fourth-order valence-corrected chi connectivity index (χ4v) is 2.72. The highest BCUT2D eigenvalue weighted by Crippen LogP contribution is 2.24. The molecular weight excluding hydrogens is 242 g/mol. The van der Waals surface area contributed by atoms with Gasteiger partial charge >= 0.3 is 0 Å². The number of rotatable bonds is 6. The van der Waals surface area contributed by atoms with E-state index in [9.17, 15) is 0 Å². The lowest BCUT2D eigenvalue weighted by Gasteiger charge is -2.27. The van der Waals surface area contributed by atoms with Gasteiger partial charge in [-0.2, -0.15) is 5.10 Å². The largest absolute Gasteiger partial charge is 0.409 e. The third kappa shape index (κ3) is 3.70. The van der Waals surface area contributed by atoms with Crippen molar-refractivity contribution in [2.75, 3.05) is 6.54 Å². The molecule has 1 aliphatic rings. The van der Waals surface area contributed by atoms with E-state index < -0.39 is 0 Å². The fraction of sp³-hybridized carbons (Fsp3) is 0.692. The van der Waals surface area contributed by atoms with Crippen LogP contribution >= 0.6 is 0 Å². The Morgan fingerprint density at radius 2 is 2.32 bits per heavy atom. The number of aryl methyl sites for hydroxylation is 1. The first kappa shape index (κ1) is 13.9. The molecule has 3 N–H and O–H groups in total. The molecule has 0 unspecified atom stereocenters. The minimum absolute atomic E-state index is 0.273. The predicted octanol–water partition coefficient (Wildman–Crippen LogP) is 1.39. The van der Waals surface area contributed by atoms with Crippen LogP contribution in [-0.4, -0.2) is 38.3 Å². The van der Waals surface area contributed by atoms with Crippen LogP contribution in [0.5, 0.6) is 0 Å². The molecule has 19 heavy (non-hydrogen) atoms. The van der Waals surface area contributed by atoms with Gasteiger partial charge in [-0.15, -0.1) is 0 Å². The fourth-order valence-electron chi connectivity index (χ4n) is 2.72. The Morgan fingerprint density at radius 1 is 1.58 bits per heavy atom. The van der Waals surface area contributed by atoms with E-state index in [1.165, 1.54) is 31.2 Å². The maximum Gasteiger partial charge on any atom is 0.153 e. The molecule has 6 heteroatoms. The lowest BCUT2D eigenvalue weighted by atomic mass is 10.2. The van der Waals surface area contributed by atoms with E-state index in [-0.39, 0.29) is 5.84 Å². The second-order valence-electron chi connectivity index (χ2n) is 5.14. The molecule has 1 saturated carbocycles. The number of hydrogen-bond donors (Lipinski definition) is 2. The van der Waals surface area contributed by atoms with Gasteiger partial charge in [0, 0.05) is 30.9 Å². The van der Waals surface area contributed by atoms with Gasteiger partial charge in [-0.1, -0.05) is 18.0 Å². The van der Waals surface area contributed by atoms with Gasteiger partial charge in [-0.3, -0.25) is 9.58 Å². The van der Waals surface area contributed by atoms with Crippen molar-refractivity contribution in [3.8, 4) is 0 Å². The smallest absolute Gasteiger partial charge is 0.153 e. The summed E-state index contributed by atoms with van der Waals surface area (Å²) in [6, 6.07) is 0.533. The predicted molar refractivity (Wildman–Crippen MR) is 74.0 cm³/mol. The van der Waals surface area contributed by atoms with Crippen LogP contribution in [0.1, 0.15) is 38.2 Å². The van der Waals surface area contributed by atoms with E-state index in [2.05, 4.69) is 28.3 Å². The van der Waals surface area contributed by atoms with E-state index >= 15 is 0 Å². The van der Waals surface area contributed by atoms with Gasteiger partial charge < -0.3 is 10.9 Å². The molecule has 1 aliphatic carbocycles. The Morgan fingerprint density at radius 3 is 2.89 bits per heavy atom. The van der Waals surface area contributed by atoms with E-state index in [0.717, 1.165) is 13.1 Å². The van der Waals surface area contributed by atoms with E-state index in [1.807, 2.05) is 10.9 Å². The van der Waals surface area contributed by atoms with Gasteiger partial charge in [0.05, 0.1) is 12.7 Å². The second kappa shape index (κ2) is 6.56.